The molecule has 5 rings (SSSR count). The van der Waals surface area contributed by atoms with Gasteiger partial charge in [0, 0.05) is 23.9 Å². The predicted molar refractivity (Wildman–Crippen MR) is 131 cm³/mol. The van der Waals surface area contributed by atoms with Crippen LogP contribution in [0.1, 0.15) is 21.6 Å². The summed E-state index contributed by atoms with van der Waals surface area (Å²) in [5, 5.41) is 23.6. The molecule has 34 heavy (non-hydrogen) atoms. The highest BCUT2D eigenvalue weighted by molar-refractivity contribution is 6.13. The largest absolute Gasteiger partial charge is 0.291 e. The number of nitrogens with zero attached hydrogens (tertiary/aromatic N) is 4. The third kappa shape index (κ3) is 4.24. The molecular weight excluding hydrogens is 430 g/mol. The van der Waals surface area contributed by atoms with Crippen molar-refractivity contribution in [1.29, 1.82) is 0 Å². The van der Waals surface area contributed by atoms with Crippen LogP contribution in [-0.4, -0.2) is 26.8 Å². The first-order valence-electron chi connectivity index (χ1n) is 10.6. The molecule has 1 N–H and O–H groups in total. The molecule has 0 saturated carbocycles. The average molecular weight is 449 g/mol. The summed E-state index contributed by atoms with van der Waals surface area (Å²) >= 11 is 0. The van der Waals surface area contributed by atoms with Gasteiger partial charge in [0.15, 0.2) is 5.69 Å². The number of carbonyl (C=O) groups is 1. The van der Waals surface area contributed by atoms with Crippen LogP contribution in [0.2, 0.25) is 0 Å². The fraction of sp³-hybridized carbons (Fsp3) is 0.0385. The Morgan fingerprint density at radius 3 is 2.26 bits per heavy atom. The first-order valence-corrected chi connectivity index (χ1v) is 10.6. The van der Waals surface area contributed by atoms with E-state index < -0.39 is 10.8 Å². The topological polar surface area (TPSA) is 102 Å². The normalized spacial score (nSPS) is 11.3. The summed E-state index contributed by atoms with van der Waals surface area (Å²) in [5.41, 5.74) is 4.57. The number of non-ortho nitro benzene ring substituents is 1. The molecule has 0 atom stereocenters. The lowest BCUT2D eigenvalue weighted by molar-refractivity contribution is -0.384. The standard InChI is InChI=1S/C26H19N5O3/c32-26(25-13-14-30(29-25)17-18-9-11-21(12-10-18)31(33)34)28-27-16-24-22-7-3-1-5-19(22)15-20-6-2-4-8-23(20)24/h1-16H,17H2,(H,28,32)/b27-16-. The minimum Gasteiger partial charge on any atom is -0.268 e. The van der Waals surface area contributed by atoms with Crippen LogP contribution in [-0.2, 0) is 6.54 Å². The fourth-order valence-electron chi connectivity index (χ4n) is 3.88. The van der Waals surface area contributed by atoms with Gasteiger partial charge in [0.1, 0.15) is 0 Å². The first-order chi connectivity index (χ1) is 16.6. The van der Waals surface area contributed by atoms with Gasteiger partial charge in [0.05, 0.1) is 17.7 Å². The number of carbonyl (C=O) groups excluding carboxylic acids is 1. The summed E-state index contributed by atoms with van der Waals surface area (Å²) in [6, 6.07) is 26.1. The van der Waals surface area contributed by atoms with Gasteiger partial charge in [-0.25, -0.2) is 5.43 Å². The van der Waals surface area contributed by atoms with Crippen LogP contribution < -0.4 is 5.43 Å². The van der Waals surface area contributed by atoms with Crippen LogP contribution in [0.4, 0.5) is 5.69 Å². The number of nitrogens with one attached hydrogen (secondary N) is 1. The number of hydrogen-bond donors (Lipinski definition) is 1. The Labute approximate surface area is 194 Å². The molecule has 0 aliphatic heterocycles. The molecule has 8 heteroatoms. The molecule has 0 unspecified atom stereocenters. The molecule has 0 bridgehead atoms. The van der Waals surface area contributed by atoms with Gasteiger partial charge in [-0.3, -0.25) is 19.6 Å². The smallest absolute Gasteiger partial charge is 0.268 e. The van der Waals surface area contributed by atoms with E-state index >= 15 is 0 Å². The first kappa shape index (κ1) is 21.0. The minimum absolute atomic E-state index is 0.0288. The van der Waals surface area contributed by atoms with E-state index in [1.807, 2.05) is 36.4 Å². The molecule has 0 radical (unpaired) electrons. The minimum atomic E-state index is -0.443. The summed E-state index contributed by atoms with van der Waals surface area (Å²) in [7, 11) is 0. The second-order valence-corrected chi connectivity index (χ2v) is 7.75. The number of hydrazone groups is 1. The van der Waals surface area contributed by atoms with Gasteiger partial charge in [-0.2, -0.15) is 10.2 Å². The Hall–Kier alpha value is -4.85. The van der Waals surface area contributed by atoms with Crippen molar-refractivity contribution < 1.29 is 9.72 Å². The van der Waals surface area contributed by atoms with Crippen LogP contribution in [0.25, 0.3) is 21.5 Å². The molecule has 0 aliphatic carbocycles. The van der Waals surface area contributed by atoms with Gasteiger partial charge in [-0.1, -0.05) is 60.7 Å². The van der Waals surface area contributed by atoms with Gasteiger partial charge in [0.25, 0.3) is 11.6 Å². The SMILES string of the molecule is O=C(N/N=C\c1c2ccccc2cc2ccccc12)c1ccn(Cc2ccc([N+](=O)[O-])cc2)n1. The van der Waals surface area contributed by atoms with Crippen molar-refractivity contribution in [3.8, 4) is 0 Å². The summed E-state index contributed by atoms with van der Waals surface area (Å²) in [6.45, 7) is 0.385. The van der Waals surface area contributed by atoms with E-state index in [0.717, 1.165) is 32.7 Å². The second kappa shape index (κ2) is 8.95. The molecule has 0 fully saturated rings. The summed E-state index contributed by atoms with van der Waals surface area (Å²) in [6.07, 6.45) is 3.34. The van der Waals surface area contributed by atoms with Crippen LogP contribution >= 0.6 is 0 Å². The zero-order chi connectivity index (χ0) is 23.5. The maximum Gasteiger partial charge on any atom is 0.291 e. The van der Waals surface area contributed by atoms with Gasteiger partial charge >= 0.3 is 0 Å². The highest BCUT2D eigenvalue weighted by Gasteiger charge is 2.10. The number of fused-ring (bicyclic) bond motifs is 2. The summed E-state index contributed by atoms with van der Waals surface area (Å²) in [5.74, 6) is -0.428. The van der Waals surface area contributed by atoms with Crippen LogP contribution in [0.15, 0.2) is 96.2 Å². The number of nitro groups is 1. The van der Waals surface area contributed by atoms with E-state index in [9.17, 15) is 14.9 Å². The number of nitro benzene ring substituents is 1. The second-order valence-electron chi connectivity index (χ2n) is 7.75. The van der Waals surface area contributed by atoms with E-state index in [1.54, 1.807) is 35.3 Å². The predicted octanol–water partition coefficient (Wildman–Crippen LogP) is 4.91. The van der Waals surface area contributed by atoms with E-state index in [2.05, 4.69) is 33.8 Å². The molecule has 8 nitrogen and oxygen atoms in total. The number of hydrogen-bond acceptors (Lipinski definition) is 5. The van der Waals surface area contributed by atoms with Crippen molar-refractivity contribution >= 4 is 39.4 Å². The van der Waals surface area contributed by atoms with E-state index in [1.165, 1.54) is 12.1 Å². The fourth-order valence-corrected chi connectivity index (χ4v) is 3.88. The van der Waals surface area contributed by atoms with E-state index in [0.29, 0.717) is 6.54 Å². The highest BCUT2D eigenvalue weighted by atomic mass is 16.6. The Morgan fingerprint density at radius 1 is 0.971 bits per heavy atom. The highest BCUT2D eigenvalue weighted by Crippen LogP contribution is 2.27. The van der Waals surface area contributed by atoms with Crippen LogP contribution in [0.3, 0.4) is 0 Å². The van der Waals surface area contributed by atoms with Crippen molar-refractivity contribution in [3.05, 3.63) is 118 Å². The number of amides is 1. The quantitative estimate of drug-likeness (QED) is 0.172. The lowest BCUT2D eigenvalue weighted by Gasteiger charge is -2.07. The molecule has 0 spiro atoms. The van der Waals surface area contributed by atoms with Gasteiger partial charge in [-0.15, -0.1) is 0 Å². The molecule has 0 aliphatic rings. The zero-order valence-electron chi connectivity index (χ0n) is 18.0. The number of benzene rings is 4. The third-order valence-corrected chi connectivity index (χ3v) is 5.54. The average Bonchev–Trinajstić information content (AvgIpc) is 3.32. The monoisotopic (exact) mass is 449 g/mol. The molecule has 166 valence electrons. The molecule has 1 amide bonds. The van der Waals surface area contributed by atoms with Crippen molar-refractivity contribution in [1.82, 2.24) is 15.2 Å². The maximum absolute atomic E-state index is 12.6. The third-order valence-electron chi connectivity index (χ3n) is 5.54. The summed E-state index contributed by atoms with van der Waals surface area (Å²) < 4.78 is 1.60. The van der Waals surface area contributed by atoms with Gasteiger partial charge in [0.2, 0.25) is 0 Å². The lowest BCUT2D eigenvalue weighted by atomic mass is 9.97. The Bertz CT molecular complexity index is 1500. The molecule has 1 aromatic heterocycles. The summed E-state index contributed by atoms with van der Waals surface area (Å²) in [4.78, 5) is 22.9. The lowest BCUT2D eigenvalue weighted by Crippen LogP contribution is -2.18. The molecule has 1 heterocycles. The molecular formula is C26H19N5O3. The zero-order valence-corrected chi connectivity index (χ0v) is 18.0. The molecule has 4 aromatic carbocycles. The van der Waals surface area contributed by atoms with Gasteiger partial charge < -0.3 is 0 Å². The van der Waals surface area contributed by atoms with Crippen molar-refractivity contribution in [3.63, 3.8) is 0 Å². The molecule has 5 aromatic rings. The molecule has 0 saturated heterocycles. The number of aromatic nitrogens is 2. The van der Waals surface area contributed by atoms with Crippen molar-refractivity contribution in [2.45, 2.75) is 6.54 Å². The Kier molecular flexibility index (Phi) is 5.53. The van der Waals surface area contributed by atoms with E-state index in [-0.39, 0.29) is 11.4 Å². The van der Waals surface area contributed by atoms with Crippen molar-refractivity contribution in [2.75, 3.05) is 0 Å². The Balaban J connectivity index is 1.32. The van der Waals surface area contributed by atoms with Crippen LogP contribution in [0, 0.1) is 10.1 Å². The van der Waals surface area contributed by atoms with Gasteiger partial charge in [-0.05, 0) is 39.2 Å². The van der Waals surface area contributed by atoms with E-state index in [4.69, 9.17) is 0 Å². The Morgan fingerprint density at radius 2 is 1.62 bits per heavy atom. The van der Waals surface area contributed by atoms with Crippen LogP contribution in [0.5, 0.6) is 0 Å². The number of rotatable bonds is 6. The van der Waals surface area contributed by atoms with Crippen molar-refractivity contribution in [2.24, 2.45) is 5.10 Å². The maximum atomic E-state index is 12.6.